The number of hydrogen-bond acceptors (Lipinski definition) is 5. The Labute approximate surface area is 109 Å². The van der Waals surface area contributed by atoms with Gasteiger partial charge in [-0.15, -0.1) is 0 Å². The molecule has 100 valence electrons. The Kier molecular flexibility index (Phi) is 4.36. The van der Waals surface area contributed by atoms with Gasteiger partial charge in [0, 0.05) is 31.9 Å². The summed E-state index contributed by atoms with van der Waals surface area (Å²) in [6.07, 6.45) is 3.98. The quantitative estimate of drug-likeness (QED) is 0.827. The van der Waals surface area contributed by atoms with E-state index < -0.39 is 0 Å². The topological polar surface area (TPSA) is 67.1 Å². The monoisotopic (exact) mass is 249 g/mol. The molecule has 1 aromatic rings. The summed E-state index contributed by atoms with van der Waals surface area (Å²) in [5.74, 6) is 2.40. The lowest BCUT2D eigenvalue weighted by atomic mass is 10.1. The number of nitrogens with zero attached hydrogens (tertiary/aromatic N) is 3. The van der Waals surface area contributed by atoms with Crippen molar-refractivity contribution in [1.82, 2.24) is 9.97 Å². The highest BCUT2D eigenvalue weighted by Crippen LogP contribution is 2.16. The van der Waals surface area contributed by atoms with Crippen molar-refractivity contribution in [3.05, 3.63) is 12.3 Å². The molecule has 3 N–H and O–H groups in total. The Morgan fingerprint density at radius 2 is 2.39 bits per heavy atom. The van der Waals surface area contributed by atoms with Gasteiger partial charge >= 0.3 is 0 Å². The van der Waals surface area contributed by atoms with Crippen molar-refractivity contribution in [2.75, 3.05) is 29.9 Å². The van der Waals surface area contributed by atoms with Crippen molar-refractivity contribution in [1.29, 1.82) is 0 Å². The fourth-order valence-corrected chi connectivity index (χ4v) is 2.06. The molecular formula is C13H23N5. The third-order valence-corrected chi connectivity index (χ3v) is 3.18. The molecule has 1 aliphatic heterocycles. The highest BCUT2D eigenvalue weighted by atomic mass is 15.3. The lowest BCUT2D eigenvalue weighted by molar-refractivity contribution is 0.606. The second-order valence-corrected chi connectivity index (χ2v) is 5.35. The summed E-state index contributed by atoms with van der Waals surface area (Å²) in [5.41, 5.74) is 5.90. The van der Waals surface area contributed by atoms with Crippen LogP contribution in [0.3, 0.4) is 0 Å². The van der Waals surface area contributed by atoms with Crippen molar-refractivity contribution in [2.45, 2.75) is 32.7 Å². The molecule has 1 saturated heterocycles. The molecule has 0 spiro atoms. The first kappa shape index (κ1) is 13.1. The first-order chi connectivity index (χ1) is 8.65. The van der Waals surface area contributed by atoms with E-state index in [0.29, 0.717) is 5.92 Å². The summed E-state index contributed by atoms with van der Waals surface area (Å²) in [5, 5.41) is 3.34. The van der Waals surface area contributed by atoms with Gasteiger partial charge in [0.1, 0.15) is 5.82 Å². The van der Waals surface area contributed by atoms with Crippen molar-refractivity contribution in [3.63, 3.8) is 0 Å². The van der Waals surface area contributed by atoms with Crippen LogP contribution in [0.2, 0.25) is 0 Å². The molecule has 0 amide bonds. The van der Waals surface area contributed by atoms with E-state index in [4.69, 9.17) is 5.73 Å². The first-order valence-electron chi connectivity index (χ1n) is 6.72. The largest absolute Gasteiger partial charge is 0.370 e. The lowest BCUT2D eigenvalue weighted by Gasteiger charge is -2.16. The second kappa shape index (κ2) is 6.00. The summed E-state index contributed by atoms with van der Waals surface area (Å²) >= 11 is 0. The minimum Gasteiger partial charge on any atom is -0.370 e. The van der Waals surface area contributed by atoms with E-state index in [2.05, 4.69) is 34.0 Å². The molecule has 2 rings (SSSR count). The smallest absolute Gasteiger partial charge is 0.227 e. The van der Waals surface area contributed by atoms with Crippen LogP contribution in [-0.2, 0) is 0 Å². The Bertz CT molecular complexity index is 379. The molecule has 0 aliphatic carbocycles. The molecule has 1 atom stereocenters. The summed E-state index contributed by atoms with van der Waals surface area (Å²) in [7, 11) is 0. The van der Waals surface area contributed by atoms with Gasteiger partial charge in [0.2, 0.25) is 5.95 Å². The number of nitrogens with two attached hydrogens (primary N) is 1. The minimum atomic E-state index is 0.256. The fourth-order valence-electron chi connectivity index (χ4n) is 2.06. The minimum absolute atomic E-state index is 0.256. The third kappa shape index (κ3) is 3.57. The van der Waals surface area contributed by atoms with E-state index in [1.165, 1.54) is 0 Å². The molecule has 0 aromatic carbocycles. The molecule has 1 aromatic heterocycles. The molecule has 1 fully saturated rings. The molecule has 0 bridgehead atoms. The maximum absolute atomic E-state index is 5.90. The molecule has 18 heavy (non-hydrogen) atoms. The van der Waals surface area contributed by atoms with E-state index in [9.17, 15) is 0 Å². The predicted octanol–water partition coefficient (Wildman–Crippen LogP) is 1.47. The lowest BCUT2D eigenvalue weighted by Crippen LogP contribution is -2.27. The molecule has 5 nitrogen and oxygen atoms in total. The van der Waals surface area contributed by atoms with E-state index >= 15 is 0 Å². The van der Waals surface area contributed by atoms with Crippen LogP contribution >= 0.6 is 0 Å². The van der Waals surface area contributed by atoms with Crippen LogP contribution in [0, 0.1) is 5.92 Å². The Morgan fingerprint density at radius 3 is 3.06 bits per heavy atom. The average molecular weight is 249 g/mol. The van der Waals surface area contributed by atoms with Crippen LogP contribution in [0.25, 0.3) is 0 Å². The molecule has 1 unspecified atom stereocenters. The van der Waals surface area contributed by atoms with Crippen molar-refractivity contribution in [3.8, 4) is 0 Å². The zero-order chi connectivity index (χ0) is 13.0. The summed E-state index contributed by atoms with van der Waals surface area (Å²) in [6.45, 7) is 7.21. The van der Waals surface area contributed by atoms with E-state index in [1.54, 1.807) is 0 Å². The summed E-state index contributed by atoms with van der Waals surface area (Å²) < 4.78 is 0. The Hall–Kier alpha value is -1.36. The molecule has 2 heterocycles. The van der Waals surface area contributed by atoms with Crippen molar-refractivity contribution < 1.29 is 0 Å². The van der Waals surface area contributed by atoms with Gasteiger partial charge in [-0.3, -0.25) is 0 Å². The average Bonchev–Trinajstić information content (AvgIpc) is 2.76. The van der Waals surface area contributed by atoms with Gasteiger partial charge in [-0.2, -0.15) is 4.98 Å². The first-order valence-corrected chi connectivity index (χ1v) is 6.72. The molecule has 0 radical (unpaired) electrons. The fraction of sp³-hybridized carbons (Fsp3) is 0.692. The van der Waals surface area contributed by atoms with Gasteiger partial charge in [-0.05, 0) is 24.8 Å². The summed E-state index contributed by atoms with van der Waals surface area (Å²) in [4.78, 5) is 11.0. The maximum atomic E-state index is 5.90. The molecule has 1 aliphatic rings. The number of aromatic nitrogens is 2. The highest BCUT2D eigenvalue weighted by Gasteiger charge is 2.21. The van der Waals surface area contributed by atoms with Crippen LogP contribution in [0.15, 0.2) is 12.3 Å². The Morgan fingerprint density at radius 1 is 1.56 bits per heavy atom. The van der Waals surface area contributed by atoms with Crippen LogP contribution in [-0.4, -0.2) is 35.6 Å². The molecular weight excluding hydrogens is 226 g/mol. The van der Waals surface area contributed by atoms with Gasteiger partial charge < -0.3 is 16.0 Å². The molecule has 5 heteroatoms. The zero-order valence-electron chi connectivity index (χ0n) is 11.3. The molecule has 0 saturated carbocycles. The summed E-state index contributed by atoms with van der Waals surface area (Å²) in [6, 6.07) is 2.17. The van der Waals surface area contributed by atoms with Gasteiger partial charge in [0.15, 0.2) is 0 Å². The van der Waals surface area contributed by atoms with Crippen LogP contribution in [0.4, 0.5) is 11.8 Å². The number of anilines is 2. The van der Waals surface area contributed by atoms with Crippen molar-refractivity contribution >= 4 is 11.8 Å². The van der Waals surface area contributed by atoms with Gasteiger partial charge in [0.25, 0.3) is 0 Å². The van der Waals surface area contributed by atoms with Gasteiger partial charge in [0.05, 0.1) is 0 Å². The van der Waals surface area contributed by atoms with Crippen LogP contribution in [0.5, 0.6) is 0 Å². The zero-order valence-corrected chi connectivity index (χ0v) is 11.3. The van der Waals surface area contributed by atoms with Crippen LogP contribution in [0.1, 0.15) is 26.7 Å². The second-order valence-electron chi connectivity index (χ2n) is 5.35. The van der Waals surface area contributed by atoms with E-state index in [0.717, 1.165) is 44.2 Å². The van der Waals surface area contributed by atoms with Crippen molar-refractivity contribution in [2.24, 2.45) is 11.7 Å². The number of hydrogen-bond donors (Lipinski definition) is 2. The SMILES string of the molecule is CC(C)CCNc1ccnc(N2CCC(N)C2)n1. The predicted molar refractivity (Wildman–Crippen MR) is 74.8 cm³/mol. The van der Waals surface area contributed by atoms with E-state index in [1.807, 2.05) is 12.3 Å². The van der Waals surface area contributed by atoms with E-state index in [-0.39, 0.29) is 6.04 Å². The van der Waals surface area contributed by atoms with Crippen LogP contribution < -0.4 is 16.0 Å². The normalized spacial score (nSPS) is 19.6. The number of rotatable bonds is 5. The maximum Gasteiger partial charge on any atom is 0.227 e. The highest BCUT2D eigenvalue weighted by molar-refractivity contribution is 5.42. The Balaban J connectivity index is 1.92. The standard InChI is InChI=1S/C13H23N5/c1-10(2)3-6-15-12-4-7-16-13(17-12)18-8-5-11(14)9-18/h4,7,10-11H,3,5-6,8-9,14H2,1-2H3,(H,15,16,17). The van der Waals surface area contributed by atoms with Gasteiger partial charge in [-0.25, -0.2) is 4.98 Å². The van der Waals surface area contributed by atoms with Gasteiger partial charge in [-0.1, -0.05) is 13.8 Å². The third-order valence-electron chi connectivity index (χ3n) is 3.18. The number of nitrogens with one attached hydrogen (secondary N) is 1.